The van der Waals surface area contributed by atoms with Gasteiger partial charge in [0.05, 0.1) is 6.20 Å². The first-order valence-electron chi connectivity index (χ1n) is 4.56. The third kappa shape index (κ3) is 3.28. The second kappa shape index (κ2) is 5.36. The molecule has 0 amide bonds. The largest absolute Gasteiger partial charge is 0.364 e. The fourth-order valence-electron chi connectivity index (χ4n) is 1.11. The van der Waals surface area contributed by atoms with Crippen molar-refractivity contribution in [3.8, 4) is 0 Å². The summed E-state index contributed by atoms with van der Waals surface area (Å²) in [6, 6.07) is 0. The van der Waals surface area contributed by atoms with Crippen LogP contribution in [0.4, 0.5) is 0 Å². The quantitative estimate of drug-likeness (QED) is 0.658. The molecule has 0 fully saturated rings. The number of hydrogen-bond acceptors (Lipinski definition) is 2. The third-order valence-corrected chi connectivity index (χ3v) is 2.00. The van der Waals surface area contributed by atoms with Crippen molar-refractivity contribution in [2.45, 2.75) is 26.7 Å². The summed E-state index contributed by atoms with van der Waals surface area (Å²) in [4.78, 5) is 0. The van der Waals surface area contributed by atoms with Gasteiger partial charge in [0.25, 0.3) is 0 Å². The lowest BCUT2D eigenvalue weighted by atomic mass is 10.1. The molecule has 0 aromatic carbocycles. The lowest BCUT2D eigenvalue weighted by molar-refractivity contribution is 0.419. The monoisotopic (exact) mass is 177 g/mol. The van der Waals surface area contributed by atoms with Gasteiger partial charge < -0.3 is 4.52 Å². The maximum atomic E-state index is 4.71. The predicted octanol–water partition coefficient (Wildman–Crippen LogP) is 3.43. The van der Waals surface area contributed by atoms with Gasteiger partial charge in [-0.25, -0.2) is 0 Å². The molecule has 1 aromatic rings. The highest BCUT2D eigenvalue weighted by Gasteiger charge is 1.90. The van der Waals surface area contributed by atoms with Crippen LogP contribution in [0.15, 0.2) is 34.7 Å². The van der Waals surface area contributed by atoms with Crippen LogP contribution in [0.25, 0.3) is 6.08 Å². The van der Waals surface area contributed by atoms with Crippen LogP contribution >= 0.6 is 0 Å². The van der Waals surface area contributed by atoms with Crippen LogP contribution in [0.2, 0.25) is 0 Å². The molecule has 0 bridgehead atoms. The normalized spacial score (nSPS) is 12.6. The summed E-state index contributed by atoms with van der Waals surface area (Å²) in [7, 11) is 0. The van der Waals surface area contributed by atoms with Gasteiger partial charge in [0.1, 0.15) is 6.26 Å². The third-order valence-electron chi connectivity index (χ3n) is 2.00. The fourth-order valence-corrected chi connectivity index (χ4v) is 1.11. The van der Waals surface area contributed by atoms with Crippen molar-refractivity contribution in [3.05, 3.63) is 35.7 Å². The Morgan fingerprint density at radius 3 is 3.00 bits per heavy atom. The minimum atomic E-state index is 1.01. The summed E-state index contributed by atoms with van der Waals surface area (Å²) in [5, 5.41) is 3.62. The summed E-state index contributed by atoms with van der Waals surface area (Å²) in [5.41, 5.74) is 2.47. The summed E-state index contributed by atoms with van der Waals surface area (Å²) in [6.07, 6.45) is 11.8. The molecule has 13 heavy (non-hydrogen) atoms. The number of aromatic nitrogens is 1. The van der Waals surface area contributed by atoms with Crippen LogP contribution < -0.4 is 0 Å². The zero-order chi connectivity index (χ0) is 9.52. The van der Waals surface area contributed by atoms with Crippen molar-refractivity contribution in [2.24, 2.45) is 0 Å². The summed E-state index contributed by atoms with van der Waals surface area (Å²) < 4.78 is 4.71. The standard InChI is InChI=1S/C11H15NO/c1-3-10(4-2)6-5-7-11-8-12-13-9-11/h3,5,7-9H,4,6H2,1-2H3/b7-5?,10-3-. The maximum Gasteiger partial charge on any atom is 0.131 e. The molecule has 1 aromatic heterocycles. The van der Waals surface area contributed by atoms with Crippen molar-refractivity contribution in [1.82, 2.24) is 5.16 Å². The van der Waals surface area contributed by atoms with Crippen LogP contribution in [-0.4, -0.2) is 5.16 Å². The van der Waals surface area contributed by atoms with Crippen molar-refractivity contribution in [1.29, 1.82) is 0 Å². The molecule has 2 heteroatoms. The highest BCUT2D eigenvalue weighted by molar-refractivity contribution is 5.46. The van der Waals surface area contributed by atoms with E-state index in [1.54, 1.807) is 12.5 Å². The lowest BCUT2D eigenvalue weighted by Gasteiger charge is -1.96. The van der Waals surface area contributed by atoms with E-state index in [1.165, 1.54) is 5.57 Å². The first kappa shape index (κ1) is 9.78. The smallest absolute Gasteiger partial charge is 0.131 e. The van der Waals surface area contributed by atoms with Crippen LogP contribution in [0.5, 0.6) is 0 Å². The van der Waals surface area contributed by atoms with E-state index in [4.69, 9.17) is 4.52 Å². The molecule has 0 saturated heterocycles. The van der Waals surface area contributed by atoms with E-state index in [2.05, 4.69) is 31.2 Å². The Kier molecular flexibility index (Phi) is 4.03. The molecule has 0 aliphatic heterocycles. The van der Waals surface area contributed by atoms with Crippen LogP contribution in [0.1, 0.15) is 32.3 Å². The molecule has 0 unspecified atom stereocenters. The number of hydrogen-bond donors (Lipinski definition) is 0. The topological polar surface area (TPSA) is 26.0 Å². The van der Waals surface area contributed by atoms with Gasteiger partial charge in [-0.05, 0) is 19.8 Å². The molecule has 70 valence electrons. The first-order chi connectivity index (χ1) is 6.36. The van der Waals surface area contributed by atoms with Gasteiger partial charge >= 0.3 is 0 Å². The van der Waals surface area contributed by atoms with Crippen LogP contribution in [0.3, 0.4) is 0 Å². The van der Waals surface area contributed by atoms with Crippen LogP contribution in [-0.2, 0) is 0 Å². The Hall–Kier alpha value is -1.31. The van der Waals surface area contributed by atoms with Gasteiger partial charge in [-0.3, -0.25) is 0 Å². The number of allylic oxidation sites excluding steroid dienone is 3. The van der Waals surface area contributed by atoms with E-state index in [1.807, 2.05) is 6.08 Å². The molecule has 1 rings (SSSR count). The molecule has 1 heterocycles. The van der Waals surface area contributed by atoms with Crippen molar-refractivity contribution < 1.29 is 4.52 Å². The first-order valence-corrected chi connectivity index (χ1v) is 4.56. The Bertz CT molecular complexity index is 283. The van der Waals surface area contributed by atoms with E-state index in [9.17, 15) is 0 Å². The minimum absolute atomic E-state index is 1.01. The Labute approximate surface area is 78.9 Å². The maximum absolute atomic E-state index is 4.71. The van der Waals surface area contributed by atoms with E-state index in [0.717, 1.165) is 18.4 Å². The highest BCUT2D eigenvalue weighted by Crippen LogP contribution is 2.08. The van der Waals surface area contributed by atoms with Crippen molar-refractivity contribution in [2.75, 3.05) is 0 Å². The Morgan fingerprint density at radius 2 is 2.46 bits per heavy atom. The lowest BCUT2D eigenvalue weighted by Crippen LogP contribution is -1.76. The zero-order valence-corrected chi connectivity index (χ0v) is 8.16. The van der Waals surface area contributed by atoms with E-state index in [-0.39, 0.29) is 0 Å². The summed E-state index contributed by atoms with van der Waals surface area (Å²) in [6.45, 7) is 4.24. The molecule has 0 spiro atoms. The number of rotatable bonds is 4. The van der Waals surface area contributed by atoms with Gasteiger partial charge in [-0.2, -0.15) is 0 Å². The predicted molar refractivity (Wildman–Crippen MR) is 54.2 cm³/mol. The second-order valence-electron chi connectivity index (χ2n) is 2.86. The molecule has 0 atom stereocenters. The average Bonchev–Trinajstić information content (AvgIpc) is 2.65. The molecule has 0 N–H and O–H groups in total. The molecule has 2 nitrogen and oxygen atoms in total. The van der Waals surface area contributed by atoms with Crippen molar-refractivity contribution in [3.63, 3.8) is 0 Å². The molecule has 0 aliphatic carbocycles. The number of nitrogens with zero attached hydrogens (tertiary/aromatic N) is 1. The van der Waals surface area contributed by atoms with Gasteiger partial charge in [0, 0.05) is 5.56 Å². The summed E-state index contributed by atoms with van der Waals surface area (Å²) in [5.74, 6) is 0. The van der Waals surface area contributed by atoms with Crippen LogP contribution in [0, 0.1) is 0 Å². The minimum Gasteiger partial charge on any atom is -0.364 e. The van der Waals surface area contributed by atoms with Gasteiger partial charge in [0.2, 0.25) is 0 Å². The zero-order valence-electron chi connectivity index (χ0n) is 8.16. The molecular weight excluding hydrogens is 162 g/mol. The fraction of sp³-hybridized carbons (Fsp3) is 0.364. The average molecular weight is 177 g/mol. The molecule has 0 radical (unpaired) electrons. The van der Waals surface area contributed by atoms with E-state index >= 15 is 0 Å². The molecule has 0 aliphatic rings. The molecular formula is C11H15NO. The Morgan fingerprint density at radius 1 is 1.62 bits per heavy atom. The van der Waals surface area contributed by atoms with E-state index in [0.29, 0.717) is 0 Å². The highest BCUT2D eigenvalue weighted by atomic mass is 16.5. The Balaban J connectivity index is 2.42. The SMILES string of the molecule is C/C=C(/CC)CC=Cc1cnoc1. The van der Waals surface area contributed by atoms with Crippen molar-refractivity contribution >= 4 is 6.08 Å². The van der Waals surface area contributed by atoms with Gasteiger partial charge in [-0.1, -0.05) is 35.9 Å². The van der Waals surface area contributed by atoms with E-state index < -0.39 is 0 Å². The molecule has 0 saturated carbocycles. The van der Waals surface area contributed by atoms with Gasteiger partial charge in [0.15, 0.2) is 0 Å². The summed E-state index contributed by atoms with van der Waals surface area (Å²) >= 11 is 0. The second-order valence-corrected chi connectivity index (χ2v) is 2.86. The van der Waals surface area contributed by atoms with Gasteiger partial charge in [-0.15, -0.1) is 0 Å².